The minimum Gasteiger partial charge on any atom is -0.368 e. The molecule has 106 valence electrons. The van der Waals surface area contributed by atoms with Crippen molar-refractivity contribution < 1.29 is 0 Å². The molecule has 5 N–H and O–H groups in total. The first-order valence-electron chi connectivity index (χ1n) is 6.86. The molecule has 19 heavy (non-hydrogen) atoms. The lowest BCUT2D eigenvalue weighted by Gasteiger charge is -2.28. The zero-order valence-corrected chi connectivity index (χ0v) is 11.5. The Bertz CT molecular complexity index is 383. The summed E-state index contributed by atoms with van der Waals surface area (Å²) in [5.74, 6) is 1.79. The van der Waals surface area contributed by atoms with Crippen LogP contribution in [0.2, 0.25) is 0 Å². The molecule has 0 atom stereocenters. The molecule has 1 aliphatic rings. The number of hydrogen-bond acceptors (Lipinski definition) is 7. The molecule has 0 bridgehead atoms. The summed E-state index contributed by atoms with van der Waals surface area (Å²) < 4.78 is 0. The van der Waals surface area contributed by atoms with Crippen LogP contribution in [0.3, 0.4) is 0 Å². The Morgan fingerprint density at radius 2 is 1.79 bits per heavy atom. The average molecular weight is 265 g/mol. The second kappa shape index (κ2) is 6.63. The molecule has 0 aromatic carbocycles. The van der Waals surface area contributed by atoms with E-state index in [0.29, 0.717) is 12.4 Å². The third-order valence-electron chi connectivity index (χ3n) is 3.50. The van der Waals surface area contributed by atoms with E-state index in [-0.39, 0.29) is 11.9 Å². The summed E-state index contributed by atoms with van der Waals surface area (Å²) in [5.41, 5.74) is 11.2. The van der Waals surface area contributed by atoms with Crippen molar-refractivity contribution >= 4 is 11.9 Å². The Hall–Kier alpha value is -1.47. The molecule has 1 aromatic rings. The fourth-order valence-corrected chi connectivity index (χ4v) is 2.46. The SMILES string of the molecule is CCN(Cc1nc(N)nc(N)n1)CC1CCNCC1. The van der Waals surface area contributed by atoms with E-state index in [1.807, 2.05) is 0 Å². The molecule has 0 radical (unpaired) electrons. The van der Waals surface area contributed by atoms with Crippen LogP contribution in [0.5, 0.6) is 0 Å². The lowest BCUT2D eigenvalue weighted by molar-refractivity contribution is 0.203. The highest BCUT2D eigenvalue weighted by molar-refractivity contribution is 5.25. The van der Waals surface area contributed by atoms with Crippen LogP contribution in [0.25, 0.3) is 0 Å². The van der Waals surface area contributed by atoms with Crippen molar-refractivity contribution in [2.45, 2.75) is 26.3 Å². The highest BCUT2D eigenvalue weighted by Gasteiger charge is 2.17. The number of nitrogen functional groups attached to an aromatic ring is 2. The maximum Gasteiger partial charge on any atom is 0.225 e. The summed E-state index contributed by atoms with van der Waals surface area (Å²) in [4.78, 5) is 14.4. The molecule has 1 aliphatic heterocycles. The van der Waals surface area contributed by atoms with Gasteiger partial charge in [0.2, 0.25) is 11.9 Å². The van der Waals surface area contributed by atoms with Gasteiger partial charge in [0.15, 0.2) is 0 Å². The van der Waals surface area contributed by atoms with Crippen molar-refractivity contribution in [1.82, 2.24) is 25.2 Å². The fourth-order valence-electron chi connectivity index (χ4n) is 2.46. The van der Waals surface area contributed by atoms with Gasteiger partial charge < -0.3 is 16.8 Å². The van der Waals surface area contributed by atoms with Crippen molar-refractivity contribution in [1.29, 1.82) is 0 Å². The predicted octanol–water partition coefficient (Wildman–Crippen LogP) is -0.142. The Labute approximate surface area is 113 Å². The fraction of sp³-hybridized carbons (Fsp3) is 0.750. The van der Waals surface area contributed by atoms with Crippen molar-refractivity contribution in [3.8, 4) is 0 Å². The van der Waals surface area contributed by atoms with Gasteiger partial charge in [-0.05, 0) is 38.4 Å². The maximum atomic E-state index is 5.59. The molecule has 1 saturated heterocycles. The van der Waals surface area contributed by atoms with Gasteiger partial charge in [-0.3, -0.25) is 4.90 Å². The minimum absolute atomic E-state index is 0.195. The summed E-state index contributed by atoms with van der Waals surface area (Å²) in [6.45, 7) is 7.10. The molecule has 0 saturated carbocycles. The van der Waals surface area contributed by atoms with Crippen molar-refractivity contribution in [3.63, 3.8) is 0 Å². The molecule has 0 spiro atoms. The standard InChI is InChI=1S/C12H23N7/c1-2-19(7-9-3-5-15-6-4-9)8-10-16-11(13)18-12(14)17-10/h9,15H,2-8H2,1H3,(H4,13,14,16,17,18). The van der Waals surface area contributed by atoms with Crippen molar-refractivity contribution in [3.05, 3.63) is 5.82 Å². The third kappa shape index (κ3) is 4.29. The van der Waals surface area contributed by atoms with Crippen LogP contribution in [0.15, 0.2) is 0 Å². The highest BCUT2D eigenvalue weighted by Crippen LogP contribution is 2.14. The van der Waals surface area contributed by atoms with Crippen LogP contribution >= 0.6 is 0 Å². The first kappa shape index (κ1) is 14.0. The predicted molar refractivity (Wildman–Crippen MR) is 75.2 cm³/mol. The summed E-state index contributed by atoms with van der Waals surface area (Å²) >= 11 is 0. The van der Waals surface area contributed by atoms with Crippen molar-refractivity contribution in [2.24, 2.45) is 5.92 Å². The number of nitrogens with two attached hydrogens (primary N) is 2. The van der Waals surface area contributed by atoms with Crippen LogP contribution in [0, 0.1) is 5.92 Å². The number of aromatic nitrogens is 3. The van der Waals surface area contributed by atoms with Gasteiger partial charge in [-0.1, -0.05) is 6.92 Å². The second-order valence-electron chi connectivity index (χ2n) is 4.99. The number of rotatable bonds is 5. The molecule has 2 rings (SSSR count). The first-order chi connectivity index (χ1) is 9.17. The Balaban J connectivity index is 1.93. The Morgan fingerprint density at radius 1 is 1.16 bits per heavy atom. The first-order valence-corrected chi connectivity index (χ1v) is 6.86. The molecule has 7 heteroatoms. The number of nitrogens with one attached hydrogen (secondary N) is 1. The number of piperidine rings is 1. The normalized spacial score (nSPS) is 16.9. The molecule has 1 fully saturated rings. The van der Waals surface area contributed by atoms with E-state index in [4.69, 9.17) is 11.5 Å². The van der Waals surface area contributed by atoms with Gasteiger partial charge in [-0.15, -0.1) is 0 Å². The summed E-state index contributed by atoms with van der Waals surface area (Å²) in [7, 11) is 0. The van der Waals surface area contributed by atoms with Gasteiger partial charge in [0.1, 0.15) is 5.82 Å². The third-order valence-corrected chi connectivity index (χ3v) is 3.50. The van der Waals surface area contributed by atoms with E-state index in [2.05, 4.69) is 32.1 Å². The van der Waals surface area contributed by atoms with Crippen LogP contribution in [0.4, 0.5) is 11.9 Å². The molecular weight excluding hydrogens is 242 g/mol. The van der Waals surface area contributed by atoms with Gasteiger partial charge in [0.05, 0.1) is 6.54 Å². The van der Waals surface area contributed by atoms with Gasteiger partial charge in [-0.2, -0.15) is 15.0 Å². The molecule has 1 aromatic heterocycles. The van der Waals surface area contributed by atoms with E-state index in [9.17, 15) is 0 Å². The van der Waals surface area contributed by atoms with Gasteiger partial charge in [0.25, 0.3) is 0 Å². The molecule has 2 heterocycles. The van der Waals surface area contributed by atoms with Crippen LogP contribution in [-0.2, 0) is 6.54 Å². The number of nitrogens with zero attached hydrogens (tertiary/aromatic N) is 4. The number of anilines is 2. The summed E-state index contributed by atoms with van der Waals surface area (Å²) in [6.07, 6.45) is 2.47. The molecule has 0 aliphatic carbocycles. The van der Waals surface area contributed by atoms with Crippen LogP contribution in [-0.4, -0.2) is 46.0 Å². The minimum atomic E-state index is 0.195. The molecule has 7 nitrogen and oxygen atoms in total. The quantitative estimate of drug-likeness (QED) is 0.680. The van der Waals surface area contributed by atoms with E-state index in [1.165, 1.54) is 12.8 Å². The maximum absolute atomic E-state index is 5.59. The van der Waals surface area contributed by atoms with Crippen LogP contribution < -0.4 is 16.8 Å². The summed E-state index contributed by atoms with van der Waals surface area (Å²) in [6, 6.07) is 0. The smallest absolute Gasteiger partial charge is 0.225 e. The van der Waals surface area contributed by atoms with Gasteiger partial charge >= 0.3 is 0 Å². The van der Waals surface area contributed by atoms with Crippen LogP contribution in [0.1, 0.15) is 25.6 Å². The topological polar surface area (TPSA) is 106 Å². The average Bonchev–Trinajstić information content (AvgIpc) is 2.38. The number of hydrogen-bond donors (Lipinski definition) is 3. The largest absolute Gasteiger partial charge is 0.368 e. The highest BCUT2D eigenvalue weighted by atomic mass is 15.2. The lowest BCUT2D eigenvalue weighted by Crippen LogP contribution is -2.36. The van der Waals surface area contributed by atoms with Gasteiger partial charge in [-0.25, -0.2) is 0 Å². The van der Waals surface area contributed by atoms with E-state index in [0.717, 1.165) is 32.1 Å². The van der Waals surface area contributed by atoms with E-state index in [1.54, 1.807) is 0 Å². The molecule has 0 amide bonds. The van der Waals surface area contributed by atoms with Crippen molar-refractivity contribution in [2.75, 3.05) is 37.6 Å². The monoisotopic (exact) mass is 265 g/mol. The Morgan fingerprint density at radius 3 is 2.37 bits per heavy atom. The van der Waals surface area contributed by atoms with E-state index >= 15 is 0 Å². The van der Waals surface area contributed by atoms with Gasteiger partial charge in [0, 0.05) is 6.54 Å². The molecular formula is C12H23N7. The van der Waals surface area contributed by atoms with E-state index < -0.39 is 0 Å². The zero-order valence-electron chi connectivity index (χ0n) is 11.5. The zero-order chi connectivity index (χ0) is 13.7. The molecule has 0 unspecified atom stereocenters. The Kier molecular flexibility index (Phi) is 4.86. The summed E-state index contributed by atoms with van der Waals surface area (Å²) in [5, 5.41) is 3.39. The lowest BCUT2D eigenvalue weighted by atomic mass is 9.97. The second-order valence-corrected chi connectivity index (χ2v) is 4.99.